The predicted octanol–water partition coefficient (Wildman–Crippen LogP) is 2.80. The highest BCUT2D eigenvalue weighted by Crippen LogP contribution is 2.23. The van der Waals surface area contributed by atoms with Gasteiger partial charge in [0.15, 0.2) is 0 Å². The zero-order chi connectivity index (χ0) is 18.6. The predicted molar refractivity (Wildman–Crippen MR) is 109 cm³/mol. The van der Waals surface area contributed by atoms with Crippen LogP contribution in [0.25, 0.3) is 0 Å². The van der Waals surface area contributed by atoms with Gasteiger partial charge in [-0.15, -0.1) is 0 Å². The summed E-state index contributed by atoms with van der Waals surface area (Å²) in [7, 11) is 1.71. The molecule has 0 bridgehead atoms. The molecule has 2 aliphatic heterocycles. The van der Waals surface area contributed by atoms with Gasteiger partial charge in [0.2, 0.25) is 5.95 Å². The third-order valence-corrected chi connectivity index (χ3v) is 5.67. The van der Waals surface area contributed by atoms with Crippen molar-refractivity contribution in [1.29, 1.82) is 0 Å². The Bertz CT molecular complexity index is 727. The van der Waals surface area contributed by atoms with Crippen molar-refractivity contribution in [2.75, 3.05) is 49.6 Å². The molecule has 0 amide bonds. The third kappa shape index (κ3) is 4.16. The van der Waals surface area contributed by atoms with Gasteiger partial charge < -0.3 is 14.5 Å². The Kier molecular flexibility index (Phi) is 5.43. The molecule has 0 aliphatic carbocycles. The minimum absolute atomic E-state index is 0.485. The summed E-state index contributed by atoms with van der Waals surface area (Å²) in [5.74, 6) is 1.79. The fraction of sp³-hybridized carbons (Fsp3) is 0.524. The first kappa shape index (κ1) is 18.0. The van der Waals surface area contributed by atoms with Crippen LogP contribution in [0.1, 0.15) is 25.3 Å². The van der Waals surface area contributed by atoms with Gasteiger partial charge in [-0.2, -0.15) is 0 Å². The highest BCUT2D eigenvalue weighted by molar-refractivity contribution is 5.49. The summed E-state index contributed by atoms with van der Waals surface area (Å²) in [6.45, 7) is 8.49. The zero-order valence-electron chi connectivity index (χ0n) is 16.3. The minimum Gasteiger partial charge on any atom is -0.497 e. The van der Waals surface area contributed by atoms with E-state index in [2.05, 4.69) is 43.7 Å². The monoisotopic (exact) mass is 367 g/mol. The van der Waals surface area contributed by atoms with E-state index in [1.165, 1.54) is 24.1 Å². The van der Waals surface area contributed by atoms with Crippen LogP contribution in [0, 0.1) is 0 Å². The molecule has 6 nitrogen and oxygen atoms in total. The number of aromatic nitrogens is 2. The zero-order valence-corrected chi connectivity index (χ0v) is 16.3. The van der Waals surface area contributed by atoms with Gasteiger partial charge in [-0.25, -0.2) is 9.97 Å². The van der Waals surface area contributed by atoms with E-state index >= 15 is 0 Å². The molecule has 3 heterocycles. The minimum atomic E-state index is 0.485. The Morgan fingerprint density at radius 2 is 1.67 bits per heavy atom. The van der Waals surface area contributed by atoms with Gasteiger partial charge in [0, 0.05) is 69.0 Å². The number of methoxy groups -OCH3 is 1. The van der Waals surface area contributed by atoms with Crippen LogP contribution < -0.4 is 14.5 Å². The van der Waals surface area contributed by atoms with E-state index < -0.39 is 0 Å². The fourth-order valence-electron chi connectivity index (χ4n) is 4.00. The molecule has 0 radical (unpaired) electrons. The summed E-state index contributed by atoms with van der Waals surface area (Å²) in [6.07, 6.45) is 6.51. The molecular weight excluding hydrogens is 338 g/mol. The van der Waals surface area contributed by atoms with Gasteiger partial charge in [-0.3, -0.25) is 4.90 Å². The molecule has 4 rings (SSSR count). The smallest absolute Gasteiger partial charge is 0.225 e. The van der Waals surface area contributed by atoms with Crippen molar-refractivity contribution in [3.05, 3.63) is 42.2 Å². The first-order valence-corrected chi connectivity index (χ1v) is 9.92. The van der Waals surface area contributed by atoms with Gasteiger partial charge >= 0.3 is 0 Å². The largest absolute Gasteiger partial charge is 0.497 e. The number of benzene rings is 1. The van der Waals surface area contributed by atoms with E-state index in [1.54, 1.807) is 7.11 Å². The number of rotatable bonds is 5. The van der Waals surface area contributed by atoms with Gasteiger partial charge in [0.05, 0.1) is 7.11 Å². The molecule has 2 aliphatic rings. The van der Waals surface area contributed by atoms with Crippen LogP contribution in [0.4, 0.5) is 11.6 Å². The lowest BCUT2D eigenvalue weighted by Crippen LogP contribution is -2.51. The van der Waals surface area contributed by atoms with E-state index in [-0.39, 0.29) is 0 Å². The summed E-state index contributed by atoms with van der Waals surface area (Å²) in [6, 6.07) is 8.84. The summed E-state index contributed by atoms with van der Waals surface area (Å²) in [5.41, 5.74) is 2.46. The molecule has 0 saturated carbocycles. The third-order valence-electron chi connectivity index (χ3n) is 5.67. The summed E-state index contributed by atoms with van der Waals surface area (Å²) < 4.78 is 5.26. The molecule has 0 spiro atoms. The average molecular weight is 367 g/mol. The van der Waals surface area contributed by atoms with Crippen LogP contribution >= 0.6 is 0 Å². The Labute approximate surface area is 161 Å². The van der Waals surface area contributed by atoms with Crippen molar-refractivity contribution in [2.45, 2.75) is 32.4 Å². The molecule has 2 aromatic rings. The standard InChI is InChI=1S/C21H29N5O/c1-17-15-26(19-5-7-20(27-2)8-6-19)12-11-25(17)16-18-13-22-21(23-14-18)24-9-3-4-10-24/h5-8,13-14,17H,3-4,9-12,15-16H2,1-2H3/t17-/m1/s1. The maximum absolute atomic E-state index is 5.26. The lowest BCUT2D eigenvalue weighted by molar-refractivity contribution is 0.180. The number of nitrogens with zero attached hydrogens (tertiary/aromatic N) is 5. The van der Waals surface area contributed by atoms with E-state index in [1.807, 2.05) is 24.5 Å². The Morgan fingerprint density at radius 1 is 0.963 bits per heavy atom. The van der Waals surface area contributed by atoms with Crippen LogP contribution in [-0.4, -0.2) is 60.7 Å². The second-order valence-electron chi connectivity index (χ2n) is 7.55. The number of hydrogen-bond donors (Lipinski definition) is 0. The summed E-state index contributed by atoms with van der Waals surface area (Å²) >= 11 is 0. The summed E-state index contributed by atoms with van der Waals surface area (Å²) in [4.78, 5) is 16.4. The number of piperazine rings is 1. The SMILES string of the molecule is COc1ccc(N2CCN(Cc3cnc(N4CCCC4)nc3)[C@H](C)C2)cc1. The second-order valence-corrected chi connectivity index (χ2v) is 7.55. The van der Waals surface area contributed by atoms with Gasteiger partial charge in [0.25, 0.3) is 0 Å². The molecule has 2 saturated heterocycles. The maximum atomic E-state index is 5.26. The van der Waals surface area contributed by atoms with E-state index in [0.29, 0.717) is 6.04 Å². The normalized spacial score (nSPS) is 20.9. The number of ether oxygens (including phenoxy) is 1. The molecule has 144 valence electrons. The Hall–Kier alpha value is -2.34. The van der Waals surface area contributed by atoms with Crippen LogP contribution in [0.3, 0.4) is 0 Å². The maximum Gasteiger partial charge on any atom is 0.225 e. The van der Waals surface area contributed by atoms with Crippen molar-refractivity contribution in [3.63, 3.8) is 0 Å². The lowest BCUT2D eigenvalue weighted by atomic mass is 10.1. The lowest BCUT2D eigenvalue weighted by Gasteiger charge is -2.41. The van der Waals surface area contributed by atoms with Crippen LogP contribution in [0.15, 0.2) is 36.7 Å². The van der Waals surface area contributed by atoms with E-state index in [0.717, 1.165) is 51.0 Å². The molecule has 6 heteroatoms. The van der Waals surface area contributed by atoms with Crippen LogP contribution in [-0.2, 0) is 6.54 Å². The molecule has 1 atom stereocenters. The van der Waals surface area contributed by atoms with Gasteiger partial charge in [0.1, 0.15) is 5.75 Å². The first-order valence-electron chi connectivity index (χ1n) is 9.92. The average Bonchev–Trinajstić information content (AvgIpc) is 3.25. The van der Waals surface area contributed by atoms with E-state index in [9.17, 15) is 0 Å². The highest BCUT2D eigenvalue weighted by Gasteiger charge is 2.24. The highest BCUT2D eigenvalue weighted by atomic mass is 16.5. The van der Waals surface area contributed by atoms with Crippen molar-refractivity contribution in [2.24, 2.45) is 0 Å². The van der Waals surface area contributed by atoms with Crippen LogP contribution in [0.2, 0.25) is 0 Å². The Balaban J connectivity index is 1.34. The first-order chi connectivity index (χ1) is 13.2. The van der Waals surface area contributed by atoms with Crippen molar-refractivity contribution < 1.29 is 4.74 Å². The molecule has 1 aromatic carbocycles. The van der Waals surface area contributed by atoms with E-state index in [4.69, 9.17) is 4.74 Å². The topological polar surface area (TPSA) is 44.7 Å². The van der Waals surface area contributed by atoms with Gasteiger partial charge in [-0.05, 0) is 44.0 Å². The quantitative estimate of drug-likeness (QED) is 0.810. The fourth-order valence-corrected chi connectivity index (χ4v) is 4.00. The summed E-state index contributed by atoms with van der Waals surface area (Å²) in [5, 5.41) is 0. The molecule has 2 fully saturated rings. The second kappa shape index (κ2) is 8.13. The Morgan fingerprint density at radius 3 is 2.30 bits per heavy atom. The van der Waals surface area contributed by atoms with Crippen LogP contribution in [0.5, 0.6) is 5.75 Å². The number of hydrogen-bond acceptors (Lipinski definition) is 6. The molecule has 27 heavy (non-hydrogen) atoms. The molecular formula is C21H29N5O. The van der Waals surface area contributed by atoms with Gasteiger partial charge in [-0.1, -0.05) is 0 Å². The van der Waals surface area contributed by atoms with Crippen molar-refractivity contribution in [1.82, 2.24) is 14.9 Å². The molecule has 0 unspecified atom stereocenters. The molecule has 1 aromatic heterocycles. The number of anilines is 2. The van der Waals surface area contributed by atoms with Crippen molar-refractivity contribution in [3.8, 4) is 5.75 Å². The molecule has 0 N–H and O–H groups in total. The van der Waals surface area contributed by atoms with Crippen molar-refractivity contribution >= 4 is 11.6 Å².